The zero-order valence-corrected chi connectivity index (χ0v) is 20.7. The average molecular weight is 430 g/mol. The van der Waals surface area contributed by atoms with Crippen LogP contribution in [0.1, 0.15) is 38.5 Å². The number of rotatable bonds is 5. The normalized spacial score (nSPS) is 30.9. The van der Waals surface area contributed by atoms with E-state index in [0.29, 0.717) is 23.4 Å². The van der Waals surface area contributed by atoms with Crippen molar-refractivity contribution in [3.8, 4) is 0 Å². The fourth-order valence-electron chi connectivity index (χ4n) is 5.51. The summed E-state index contributed by atoms with van der Waals surface area (Å²) >= 11 is 0. The Bertz CT molecular complexity index is 832. The summed E-state index contributed by atoms with van der Waals surface area (Å²) < 4.78 is 27.8. The number of hydrogen-bond donors (Lipinski definition) is 1. The van der Waals surface area contributed by atoms with Gasteiger partial charge in [0, 0.05) is 14.1 Å². The second kappa shape index (κ2) is 8.43. The molecule has 4 bridgehead atoms. The van der Waals surface area contributed by atoms with Gasteiger partial charge in [-0.15, -0.1) is 5.11 Å². The molecule has 28 heavy (non-hydrogen) atoms. The Morgan fingerprint density at radius 2 is 1.54 bits per heavy atom. The Morgan fingerprint density at radius 3 is 2.00 bits per heavy atom. The minimum atomic E-state index is -3.88. The van der Waals surface area contributed by atoms with E-state index in [9.17, 15) is 13.2 Å². The summed E-state index contributed by atoms with van der Waals surface area (Å²) in [4.78, 5) is 13.1. The van der Waals surface area contributed by atoms with E-state index in [1.54, 1.807) is 31.2 Å². The summed E-state index contributed by atoms with van der Waals surface area (Å²) in [6.45, 7) is 0. The van der Waals surface area contributed by atoms with Gasteiger partial charge in [0.2, 0.25) is 5.91 Å². The Morgan fingerprint density at radius 1 is 1.04 bits per heavy atom. The zero-order valence-electron chi connectivity index (χ0n) is 16.8. The SMILES string of the molecule is CN(C)N=Nc1ccc(S(=O)(=O)NC(=O)C23CC4CC(CC(C4)C2)C3)cc1.[K+]. The van der Waals surface area contributed by atoms with Crippen molar-refractivity contribution in [2.24, 2.45) is 33.5 Å². The minimum absolute atomic E-state index is 0. The molecule has 1 aromatic rings. The molecular weight excluding hydrogens is 403 g/mol. The molecule has 0 radical (unpaired) electrons. The van der Waals surface area contributed by atoms with Crippen molar-refractivity contribution < 1.29 is 64.6 Å². The van der Waals surface area contributed by atoms with Gasteiger partial charge >= 0.3 is 51.4 Å². The molecule has 5 rings (SSSR count). The molecule has 1 N–H and O–H groups in total. The molecule has 0 aromatic heterocycles. The minimum Gasteiger partial charge on any atom is -0.285 e. The van der Waals surface area contributed by atoms with E-state index in [0.717, 1.165) is 19.3 Å². The summed E-state index contributed by atoms with van der Waals surface area (Å²) in [5.41, 5.74) is 0.0665. The molecule has 4 aliphatic rings. The van der Waals surface area contributed by atoms with E-state index in [1.807, 2.05) is 0 Å². The molecule has 146 valence electrons. The smallest absolute Gasteiger partial charge is 0.285 e. The largest absolute Gasteiger partial charge is 1.00 e. The van der Waals surface area contributed by atoms with Gasteiger partial charge in [-0.1, -0.05) is 5.22 Å². The first-order chi connectivity index (χ1) is 12.8. The Labute approximate surface area is 209 Å². The first-order valence-electron chi connectivity index (χ1n) is 9.52. The van der Waals surface area contributed by atoms with Crippen LogP contribution in [0.15, 0.2) is 39.5 Å². The van der Waals surface area contributed by atoms with Crippen LogP contribution >= 0.6 is 0 Å². The molecule has 0 atom stereocenters. The molecule has 4 aliphatic carbocycles. The molecule has 0 aliphatic heterocycles. The van der Waals surface area contributed by atoms with Gasteiger partial charge in [-0.05, 0) is 80.5 Å². The van der Waals surface area contributed by atoms with Gasteiger partial charge in [0.1, 0.15) is 0 Å². The van der Waals surface area contributed by atoms with E-state index in [4.69, 9.17) is 0 Å². The van der Waals surface area contributed by atoms with Crippen molar-refractivity contribution in [3.05, 3.63) is 24.3 Å². The first-order valence-corrected chi connectivity index (χ1v) is 11.0. The molecule has 0 unspecified atom stereocenters. The predicted molar refractivity (Wildman–Crippen MR) is 101 cm³/mol. The van der Waals surface area contributed by atoms with Crippen molar-refractivity contribution in [1.82, 2.24) is 9.73 Å². The number of amides is 1. The third kappa shape index (κ3) is 4.54. The molecule has 0 spiro atoms. The number of nitrogens with zero attached hydrogens (tertiary/aromatic N) is 3. The molecule has 9 heteroatoms. The topological polar surface area (TPSA) is 91.2 Å². The number of hydrogen-bond acceptors (Lipinski definition) is 5. The van der Waals surface area contributed by atoms with E-state index in [2.05, 4.69) is 15.1 Å². The van der Waals surface area contributed by atoms with Crippen molar-refractivity contribution in [1.29, 1.82) is 0 Å². The first kappa shape index (κ1) is 22.4. The fraction of sp³-hybridized carbons (Fsp3) is 0.632. The number of carbonyl (C=O) groups is 1. The number of nitrogens with one attached hydrogen (secondary N) is 1. The Hall–Kier alpha value is -0.324. The summed E-state index contributed by atoms with van der Waals surface area (Å²) in [6.07, 6.45) is 6.14. The second-order valence-electron chi connectivity index (χ2n) is 8.66. The number of carbonyl (C=O) groups excluding carboxylic acids is 1. The quantitative estimate of drug-likeness (QED) is 0.413. The average Bonchev–Trinajstić information content (AvgIpc) is 2.59. The van der Waals surface area contributed by atoms with Crippen LogP contribution < -0.4 is 56.1 Å². The van der Waals surface area contributed by atoms with Gasteiger partial charge in [0.15, 0.2) is 0 Å². The van der Waals surface area contributed by atoms with Gasteiger partial charge in [0.25, 0.3) is 10.0 Å². The molecule has 1 amide bonds. The maximum absolute atomic E-state index is 13.0. The summed E-state index contributed by atoms with van der Waals surface area (Å²) in [6, 6.07) is 6.08. The van der Waals surface area contributed by atoms with Crippen LogP contribution in [0.5, 0.6) is 0 Å². The maximum Gasteiger partial charge on any atom is 1.00 e. The van der Waals surface area contributed by atoms with Crippen molar-refractivity contribution in [2.75, 3.05) is 14.1 Å². The third-order valence-corrected chi connectivity index (χ3v) is 7.58. The summed E-state index contributed by atoms with van der Waals surface area (Å²) in [7, 11) is -0.379. The van der Waals surface area contributed by atoms with Crippen LogP contribution in [0, 0.1) is 23.2 Å². The van der Waals surface area contributed by atoms with Gasteiger partial charge in [-0.25, -0.2) is 13.1 Å². The van der Waals surface area contributed by atoms with Crippen LogP contribution in [0.25, 0.3) is 0 Å². The van der Waals surface area contributed by atoms with Gasteiger partial charge in [-0.3, -0.25) is 9.80 Å². The van der Waals surface area contributed by atoms with Crippen molar-refractivity contribution in [2.45, 2.75) is 43.4 Å². The Kier molecular flexibility index (Phi) is 6.73. The summed E-state index contributed by atoms with van der Waals surface area (Å²) in [5.74, 6) is 1.46. The standard InChI is InChI=1S/C19H26N4O3S.K/c1-23(2)22-20-16-3-5-17(6-4-16)27(25,26)21-18(24)19-10-13-7-14(11-19)9-15(8-13)12-19;/h3-6,13-15H,7-12H2,1-2H3,(H,21,24);/q;+1. The third-order valence-electron chi connectivity index (χ3n) is 6.23. The van der Waals surface area contributed by atoms with E-state index < -0.39 is 15.4 Å². The van der Waals surface area contributed by atoms with E-state index in [-0.39, 0.29) is 62.2 Å². The van der Waals surface area contributed by atoms with Crippen LogP contribution in [0.2, 0.25) is 0 Å². The molecular formula is C19H26KN4O3S+. The predicted octanol–water partition coefficient (Wildman–Crippen LogP) is 0.272. The molecule has 4 saturated carbocycles. The molecule has 0 heterocycles. The van der Waals surface area contributed by atoms with Crippen LogP contribution in [0.4, 0.5) is 5.69 Å². The Balaban J connectivity index is 0.00000225. The fourth-order valence-corrected chi connectivity index (χ4v) is 6.58. The summed E-state index contributed by atoms with van der Waals surface area (Å²) in [5, 5.41) is 9.42. The van der Waals surface area contributed by atoms with Crippen LogP contribution in [-0.4, -0.2) is 33.4 Å². The van der Waals surface area contributed by atoms with Crippen molar-refractivity contribution >= 4 is 21.6 Å². The monoisotopic (exact) mass is 429 g/mol. The maximum atomic E-state index is 13.0. The molecule has 1 aromatic carbocycles. The molecule has 7 nitrogen and oxygen atoms in total. The van der Waals surface area contributed by atoms with Crippen LogP contribution in [-0.2, 0) is 14.8 Å². The van der Waals surface area contributed by atoms with Gasteiger partial charge < -0.3 is 0 Å². The van der Waals surface area contributed by atoms with Gasteiger partial charge in [0.05, 0.1) is 16.0 Å². The zero-order chi connectivity index (χ0) is 19.2. The number of sulfonamides is 1. The van der Waals surface area contributed by atoms with E-state index in [1.165, 1.54) is 31.4 Å². The number of benzene rings is 1. The van der Waals surface area contributed by atoms with Gasteiger partial charge in [-0.2, -0.15) is 0 Å². The second-order valence-corrected chi connectivity index (χ2v) is 10.3. The molecule has 0 saturated heterocycles. The molecule has 4 fully saturated rings. The van der Waals surface area contributed by atoms with Crippen molar-refractivity contribution in [3.63, 3.8) is 0 Å². The van der Waals surface area contributed by atoms with E-state index >= 15 is 0 Å². The van der Waals surface area contributed by atoms with Crippen LogP contribution in [0.3, 0.4) is 0 Å².